The maximum absolute atomic E-state index is 11.4. The molecule has 0 aliphatic carbocycles. The van der Waals surface area contributed by atoms with Gasteiger partial charge in [-0.1, -0.05) is 6.08 Å². The van der Waals surface area contributed by atoms with E-state index in [1.165, 1.54) is 0 Å². The van der Waals surface area contributed by atoms with Gasteiger partial charge in [-0.05, 0) is 39.8 Å². The van der Waals surface area contributed by atoms with E-state index in [0.717, 1.165) is 5.82 Å². The van der Waals surface area contributed by atoms with Gasteiger partial charge in [-0.2, -0.15) is 0 Å². The fourth-order valence-electron chi connectivity index (χ4n) is 1.63. The van der Waals surface area contributed by atoms with Gasteiger partial charge in [0.15, 0.2) is 5.78 Å². The fraction of sp³-hybridized carbons (Fsp3) is 0.429. The Morgan fingerprint density at radius 2 is 2.18 bits per heavy atom. The highest BCUT2D eigenvalue weighted by Gasteiger charge is 2.21. The van der Waals surface area contributed by atoms with Gasteiger partial charge in [0.2, 0.25) is 0 Å². The predicted molar refractivity (Wildman–Crippen MR) is 71.5 cm³/mol. The Bertz CT molecular complexity index is 418. The summed E-state index contributed by atoms with van der Waals surface area (Å²) in [7, 11) is 0. The summed E-state index contributed by atoms with van der Waals surface area (Å²) in [6, 6.07) is 3.57. The van der Waals surface area contributed by atoms with Crippen LogP contribution in [-0.4, -0.2) is 22.9 Å². The molecule has 0 bridgehead atoms. The van der Waals surface area contributed by atoms with Crippen LogP contribution in [0.1, 0.15) is 38.1 Å². The molecule has 0 saturated heterocycles. The lowest BCUT2D eigenvalue weighted by Crippen LogP contribution is -2.42. The maximum Gasteiger partial charge on any atom is 0.159 e. The summed E-state index contributed by atoms with van der Waals surface area (Å²) >= 11 is 0. The molecule has 0 saturated carbocycles. The van der Waals surface area contributed by atoms with Crippen LogP contribution in [0.15, 0.2) is 31.0 Å². The van der Waals surface area contributed by atoms with Crippen molar-refractivity contribution < 1.29 is 4.79 Å². The fourth-order valence-corrected chi connectivity index (χ4v) is 1.63. The molecule has 3 heteroatoms. The van der Waals surface area contributed by atoms with Gasteiger partial charge in [-0.15, -0.1) is 6.58 Å². The molecule has 92 valence electrons. The average molecular weight is 232 g/mol. The Balaban J connectivity index is 3.14. The molecule has 0 radical (unpaired) electrons. The van der Waals surface area contributed by atoms with Crippen molar-refractivity contribution in [3.8, 4) is 0 Å². The van der Waals surface area contributed by atoms with Gasteiger partial charge in [0, 0.05) is 23.8 Å². The molecule has 0 spiro atoms. The van der Waals surface area contributed by atoms with Gasteiger partial charge in [0.25, 0.3) is 0 Å². The first-order chi connectivity index (χ1) is 7.86. The summed E-state index contributed by atoms with van der Waals surface area (Å²) in [6.07, 6.45) is 3.52. The molecule has 0 N–H and O–H groups in total. The molecule has 0 aliphatic rings. The quantitative estimate of drug-likeness (QED) is 0.591. The van der Waals surface area contributed by atoms with E-state index in [4.69, 9.17) is 0 Å². The van der Waals surface area contributed by atoms with Crippen LogP contribution in [0, 0.1) is 0 Å². The summed E-state index contributed by atoms with van der Waals surface area (Å²) in [5.41, 5.74) is 0.629. The summed E-state index contributed by atoms with van der Waals surface area (Å²) < 4.78 is 0. The minimum absolute atomic E-state index is 0.0566. The number of anilines is 1. The van der Waals surface area contributed by atoms with E-state index in [1.807, 2.05) is 12.1 Å². The highest BCUT2D eigenvalue weighted by atomic mass is 16.1. The van der Waals surface area contributed by atoms with Crippen molar-refractivity contribution in [2.24, 2.45) is 0 Å². The number of carbonyl (C=O) groups excluding carboxylic acids is 1. The number of rotatable bonds is 4. The smallest absolute Gasteiger partial charge is 0.159 e. The molecule has 0 fully saturated rings. The predicted octanol–water partition coefficient (Wildman–Crippen LogP) is 3.08. The minimum Gasteiger partial charge on any atom is -0.348 e. The summed E-state index contributed by atoms with van der Waals surface area (Å²) in [4.78, 5) is 17.8. The van der Waals surface area contributed by atoms with Gasteiger partial charge >= 0.3 is 0 Å². The minimum atomic E-state index is -0.0589. The van der Waals surface area contributed by atoms with Crippen molar-refractivity contribution in [3.63, 3.8) is 0 Å². The van der Waals surface area contributed by atoms with Crippen molar-refractivity contribution in [3.05, 3.63) is 36.5 Å². The van der Waals surface area contributed by atoms with Crippen molar-refractivity contribution in [1.82, 2.24) is 4.98 Å². The monoisotopic (exact) mass is 232 g/mol. The standard InChI is InChI=1S/C14H20N2O/c1-6-9-16(14(3,4)5)13-10-12(11(2)17)7-8-15-13/h6-8,10H,1,9H2,2-5H3. The van der Waals surface area contributed by atoms with Crippen molar-refractivity contribution in [2.75, 3.05) is 11.4 Å². The zero-order valence-corrected chi connectivity index (χ0v) is 11.0. The van der Waals surface area contributed by atoms with E-state index in [-0.39, 0.29) is 11.3 Å². The number of ketones is 1. The first kappa shape index (κ1) is 13.4. The van der Waals surface area contributed by atoms with Crippen molar-refractivity contribution in [1.29, 1.82) is 0 Å². The van der Waals surface area contributed by atoms with Gasteiger partial charge in [0.1, 0.15) is 5.82 Å². The number of carbonyl (C=O) groups is 1. The molecule has 1 aromatic rings. The average Bonchev–Trinajstić information content (AvgIpc) is 2.24. The zero-order valence-electron chi connectivity index (χ0n) is 11.0. The number of Topliss-reactive ketones (excluding diaryl/α,β-unsaturated/α-hetero) is 1. The Labute approximate surface area is 103 Å². The highest BCUT2D eigenvalue weighted by molar-refractivity contribution is 5.94. The summed E-state index contributed by atoms with van der Waals surface area (Å²) in [5.74, 6) is 0.867. The largest absolute Gasteiger partial charge is 0.348 e. The van der Waals surface area contributed by atoms with Crippen LogP contribution in [0.2, 0.25) is 0 Å². The van der Waals surface area contributed by atoms with Gasteiger partial charge in [0.05, 0.1) is 0 Å². The van der Waals surface area contributed by atoms with Gasteiger partial charge in [-0.25, -0.2) is 4.98 Å². The number of nitrogens with zero attached hydrogens (tertiary/aromatic N) is 2. The topological polar surface area (TPSA) is 33.2 Å². The second-order valence-electron chi connectivity index (χ2n) is 5.03. The normalized spacial score (nSPS) is 11.1. The molecule has 1 heterocycles. The molecule has 0 aromatic carbocycles. The molecule has 0 atom stereocenters. The van der Waals surface area contributed by atoms with E-state index >= 15 is 0 Å². The summed E-state index contributed by atoms with van der Waals surface area (Å²) in [5, 5.41) is 0. The Morgan fingerprint density at radius 1 is 1.53 bits per heavy atom. The van der Waals surface area contributed by atoms with Crippen molar-refractivity contribution in [2.45, 2.75) is 33.2 Å². The van der Waals surface area contributed by atoms with Crippen molar-refractivity contribution >= 4 is 11.6 Å². The SMILES string of the molecule is C=CCN(c1cc(C(C)=O)ccn1)C(C)(C)C. The number of pyridine rings is 1. The van der Waals surface area contributed by atoms with Crippen LogP contribution >= 0.6 is 0 Å². The molecule has 1 rings (SSSR count). The van der Waals surface area contributed by atoms with E-state index < -0.39 is 0 Å². The Hall–Kier alpha value is -1.64. The second kappa shape index (κ2) is 5.13. The van der Waals surface area contributed by atoms with Gasteiger partial charge < -0.3 is 4.90 Å². The third-order valence-corrected chi connectivity index (χ3v) is 2.55. The van der Waals surface area contributed by atoms with Crippen LogP contribution in [0.5, 0.6) is 0 Å². The molecule has 3 nitrogen and oxygen atoms in total. The van der Waals surface area contributed by atoms with Gasteiger partial charge in [-0.3, -0.25) is 4.79 Å². The molecule has 1 aromatic heterocycles. The molecule has 0 unspecified atom stereocenters. The Morgan fingerprint density at radius 3 is 2.65 bits per heavy atom. The highest BCUT2D eigenvalue weighted by Crippen LogP contribution is 2.22. The molecular formula is C14H20N2O. The number of hydrogen-bond acceptors (Lipinski definition) is 3. The Kier molecular flexibility index (Phi) is 4.05. The lowest BCUT2D eigenvalue weighted by Gasteiger charge is -2.36. The first-order valence-electron chi connectivity index (χ1n) is 5.72. The number of hydrogen-bond donors (Lipinski definition) is 0. The first-order valence-corrected chi connectivity index (χ1v) is 5.72. The van der Waals surface area contributed by atoms with E-state index in [1.54, 1.807) is 19.2 Å². The van der Waals surface area contributed by atoms with Crippen LogP contribution in [0.25, 0.3) is 0 Å². The third kappa shape index (κ3) is 3.41. The second-order valence-corrected chi connectivity index (χ2v) is 5.03. The van der Waals surface area contributed by atoms with Crippen LogP contribution in [-0.2, 0) is 0 Å². The van der Waals surface area contributed by atoms with Crippen LogP contribution in [0.4, 0.5) is 5.82 Å². The summed E-state index contributed by atoms with van der Waals surface area (Å²) in [6.45, 7) is 12.4. The van der Waals surface area contributed by atoms with Crippen LogP contribution in [0.3, 0.4) is 0 Å². The van der Waals surface area contributed by atoms with E-state index in [0.29, 0.717) is 12.1 Å². The molecule has 0 aliphatic heterocycles. The van der Waals surface area contributed by atoms with E-state index in [2.05, 4.69) is 37.2 Å². The molecule has 0 amide bonds. The molecule has 17 heavy (non-hydrogen) atoms. The number of aromatic nitrogens is 1. The third-order valence-electron chi connectivity index (χ3n) is 2.55. The van der Waals surface area contributed by atoms with Crippen LogP contribution < -0.4 is 4.90 Å². The maximum atomic E-state index is 11.4. The van der Waals surface area contributed by atoms with E-state index in [9.17, 15) is 4.79 Å². The lowest BCUT2D eigenvalue weighted by atomic mass is 10.1. The zero-order chi connectivity index (χ0) is 13.1. The molecular weight excluding hydrogens is 212 g/mol. The lowest BCUT2D eigenvalue weighted by molar-refractivity contribution is 0.101.